The number of hydrogen-bond acceptors (Lipinski definition) is 2. The summed E-state index contributed by atoms with van der Waals surface area (Å²) in [4.78, 5) is 11.9. The Morgan fingerprint density at radius 1 is 1.32 bits per heavy atom. The van der Waals surface area contributed by atoms with Gasteiger partial charge in [0, 0.05) is 18.0 Å². The number of hydrogen-bond donors (Lipinski definition) is 2. The Morgan fingerprint density at radius 3 is 2.79 bits per heavy atom. The zero-order valence-electron chi connectivity index (χ0n) is 10.9. The van der Waals surface area contributed by atoms with Gasteiger partial charge in [0.2, 0.25) is 5.91 Å². The SMILES string of the molecule is O=C(Cc1ccccc1O)NCC1CCCC1CCl. The van der Waals surface area contributed by atoms with Crippen LogP contribution in [0, 0.1) is 11.8 Å². The van der Waals surface area contributed by atoms with E-state index in [2.05, 4.69) is 5.32 Å². The van der Waals surface area contributed by atoms with Crippen molar-refractivity contribution < 1.29 is 9.90 Å². The van der Waals surface area contributed by atoms with Crippen LogP contribution in [-0.4, -0.2) is 23.4 Å². The molecule has 0 saturated heterocycles. The Balaban J connectivity index is 1.80. The van der Waals surface area contributed by atoms with Crippen LogP contribution in [-0.2, 0) is 11.2 Å². The molecule has 2 unspecified atom stereocenters. The summed E-state index contributed by atoms with van der Waals surface area (Å²) in [7, 11) is 0. The Kier molecular flexibility index (Phi) is 5.08. The quantitative estimate of drug-likeness (QED) is 0.816. The molecule has 1 aromatic carbocycles. The topological polar surface area (TPSA) is 49.3 Å². The van der Waals surface area contributed by atoms with Crippen molar-refractivity contribution in [1.29, 1.82) is 0 Å². The molecule has 0 spiro atoms. The predicted molar refractivity (Wildman–Crippen MR) is 76.4 cm³/mol. The maximum Gasteiger partial charge on any atom is 0.224 e. The van der Waals surface area contributed by atoms with Gasteiger partial charge in [0.15, 0.2) is 0 Å². The van der Waals surface area contributed by atoms with Crippen molar-refractivity contribution in [1.82, 2.24) is 5.32 Å². The number of aromatic hydroxyl groups is 1. The van der Waals surface area contributed by atoms with E-state index in [1.165, 1.54) is 12.8 Å². The third-order valence-corrected chi connectivity index (χ3v) is 4.32. The molecule has 1 aromatic rings. The van der Waals surface area contributed by atoms with Crippen molar-refractivity contribution in [3.63, 3.8) is 0 Å². The maximum atomic E-state index is 11.9. The third-order valence-electron chi connectivity index (χ3n) is 3.92. The van der Waals surface area contributed by atoms with Crippen LogP contribution in [0.5, 0.6) is 5.75 Å². The molecule has 2 rings (SSSR count). The molecule has 1 aliphatic carbocycles. The number of carbonyl (C=O) groups excluding carboxylic acids is 1. The third kappa shape index (κ3) is 3.87. The first kappa shape index (κ1) is 14.2. The lowest BCUT2D eigenvalue weighted by Crippen LogP contribution is -2.32. The standard InChI is InChI=1S/C15H20ClNO2/c16-9-12-5-3-6-13(12)10-17-15(19)8-11-4-1-2-7-14(11)18/h1-2,4,7,12-13,18H,3,5-6,8-10H2,(H,17,19). The molecule has 1 saturated carbocycles. The van der Waals surface area contributed by atoms with Gasteiger partial charge in [0.05, 0.1) is 6.42 Å². The van der Waals surface area contributed by atoms with Gasteiger partial charge in [-0.3, -0.25) is 4.79 Å². The van der Waals surface area contributed by atoms with Gasteiger partial charge >= 0.3 is 0 Å². The number of para-hydroxylation sites is 1. The van der Waals surface area contributed by atoms with Crippen molar-refractivity contribution >= 4 is 17.5 Å². The summed E-state index contributed by atoms with van der Waals surface area (Å²) in [6.45, 7) is 0.698. The molecule has 0 aromatic heterocycles. The number of alkyl halides is 1. The highest BCUT2D eigenvalue weighted by Gasteiger charge is 2.26. The number of halogens is 1. The first-order chi connectivity index (χ1) is 9.20. The summed E-state index contributed by atoms with van der Waals surface area (Å²) in [5.74, 6) is 1.86. The second-order valence-electron chi connectivity index (χ2n) is 5.21. The summed E-state index contributed by atoms with van der Waals surface area (Å²) in [5, 5.41) is 12.6. The highest BCUT2D eigenvalue weighted by Crippen LogP contribution is 2.31. The molecular weight excluding hydrogens is 262 g/mol. The molecule has 3 nitrogen and oxygen atoms in total. The van der Waals surface area contributed by atoms with E-state index >= 15 is 0 Å². The van der Waals surface area contributed by atoms with Crippen LogP contribution in [0.2, 0.25) is 0 Å². The number of phenolic OH excluding ortho intramolecular Hbond substituents is 1. The number of rotatable bonds is 5. The molecule has 0 aliphatic heterocycles. The lowest BCUT2D eigenvalue weighted by molar-refractivity contribution is -0.120. The second kappa shape index (κ2) is 6.80. The minimum absolute atomic E-state index is 0.0401. The Labute approximate surface area is 119 Å². The smallest absolute Gasteiger partial charge is 0.224 e. The first-order valence-corrected chi connectivity index (χ1v) is 7.33. The van der Waals surface area contributed by atoms with E-state index in [-0.39, 0.29) is 18.1 Å². The van der Waals surface area contributed by atoms with Gasteiger partial charge < -0.3 is 10.4 Å². The number of nitrogens with one attached hydrogen (secondary N) is 1. The van der Waals surface area contributed by atoms with Gasteiger partial charge in [-0.2, -0.15) is 0 Å². The van der Waals surface area contributed by atoms with Crippen molar-refractivity contribution in [3.05, 3.63) is 29.8 Å². The van der Waals surface area contributed by atoms with Gasteiger partial charge in [0.25, 0.3) is 0 Å². The summed E-state index contributed by atoms with van der Waals surface area (Å²) < 4.78 is 0. The fourth-order valence-electron chi connectivity index (χ4n) is 2.73. The van der Waals surface area contributed by atoms with Gasteiger partial charge in [0.1, 0.15) is 5.75 Å². The van der Waals surface area contributed by atoms with E-state index in [0.717, 1.165) is 6.42 Å². The summed E-state index contributed by atoms with van der Waals surface area (Å²) >= 11 is 5.92. The molecule has 2 N–H and O–H groups in total. The van der Waals surface area contributed by atoms with Gasteiger partial charge in [-0.25, -0.2) is 0 Å². The van der Waals surface area contributed by atoms with Gasteiger partial charge in [-0.05, 0) is 30.7 Å². The Bertz CT molecular complexity index is 436. The molecule has 104 valence electrons. The van der Waals surface area contributed by atoms with Crippen molar-refractivity contribution in [2.24, 2.45) is 11.8 Å². The number of amides is 1. The monoisotopic (exact) mass is 281 g/mol. The van der Waals surface area contributed by atoms with E-state index in [9.17, 15) is 9.90 Å². The number of benzene rings is 1. The molecule has 0 heterocycles. The molecule has 1 aliphatic rings. The minimum Gasteiger partial charge on any atom is -0.508 e. The predicted octanol–water partition coefficient (Wildman–Crippen LogP) is 2.71. The highest BCUT2D eigenvalue weighted by atomic mass is 35.5. The second-order valence-corrected chi connectivity index (χ2v) is 5.52. The molecular formula is C15H20ClNO2. The number of phenols is 1. The molecule has 1 fully saturated rings. The maximum absolute atomic E-state index is 11.9. The van der Waals surface area contributed by atoms with E-state index < -0.39 is 0 Å². The van der Waals surface area contributed by atoms with E-state index in [0.29, 0.717) is 29.8 Å². The number of carbonyl (C=O) groups is 1. The Morgan fingerprint density at radius 2 is 2.05 bits per heavy atom. The lowest BCUT2D eigenvalue weighted by Gasteiger charge is -2.17. The first-order valence-electron chi connectivity index (χ1n) is 6.80. The molecule has 1 amide bonds. The average molecular weight is 282 g/mol. The van der Waals surface area contributed by atoms with Crippen LogP contribution in [0.25, 0.3) is 0 Å². The summed E-state index contributed by atoms with van der Waals surface area (Å²) in [6.07, 6.45) is 3.75. The highest BCUT2D eigenvalue weighted by molar-refractivity contribution is 6.18. The lowest BCUT2D eigenvalue weighted by atomic mass is 9.98. The average Bonchev–Trinajstić information content (AvgIpc) is 2.86. The fourth-order valence-corrected chi connectivity index (χ4v) is 3.13. The fraction of sp³-hybridized carbons (Fsp3) is 0.533. The van der Waals surface area contributed by atoms with Gasteiger partial charge in [-0.1, -0.05) is 24.6 Å². The van der Waals surface area contributed by atoms with Crippen molar-refractivity contribution in [2.75, 3.05) is 12.4 Å². The van der Waals surface area contributed by atoms with Crippen molar-refractivity contribution in [2.45, 2.75) is 25.7 Å². The van der Waals surface area contributed by atoms with E-state index in [4.69, 9.17) is 11.6 Å². The summed E-state index contributed by atoms with van der Waals surface area (Å²) in [6, 6.07) is 6.94. The Hall–Kier alpha value is -1.22. The van der Waals surface area contributed by atoms with Crippen LogP contribution in [0.4, 0.5) is 0 Å². The van der Waals surface area contributed by atoms with Crippen LogP contribution in [0.1, 0.15) is 24.8 Å². The van der Waals surface area contributed by atoms with Crippen LogP contribution < -0.4 is 5.32 Å². The summed E-state index contributed by atoms with van der Waals surface area (Å²) in [5.41, 5.74) is 0.667. The van der Waals surface area contributed by atoms with Crippen molar-refractivity contribution in [3.8, 4) is 5.75 Å². The van der Waals surface area contributed by atoms with Crippen LogP contribution >= 0.6 is 11.6 Å². The van der Waals surface area contributed by atoms with E-state index in [1.807, 2.05) is 6.07 Å². The minimum atomic E-state index is -0.0401. The molecule has 2 atom stereocenters. The zero-order chi connectivity index (χ0) is 13.7. The molecule has 19 heavy (non-hydrogen) atoms. The van der Waals surface area contributed by atoms with Crippen LogP contribution in [0.3, 0.4) is 0 Å². The zero-order valence-corrected chi connectivity index (χ0v) is 11.7. The molecule has 0 radical (unpaired) electrons. The van der Waals surface area contributed by atoms with Crippen LogP contribution in [0.15, 0.2) is 24.3 Å². The molecule has 0 bridgehead atoms. The molecule has 4 heteroatoms. The van der Waals surface area contributed by atoms with E-state index in [1.54, 1.807) is 18.2 Å². The largest absolute Gasteiger partial charge is 0.508 e. The normalized spacial score (nSPS) is 22.4. The van der Waals surface area contributed by atoms with Gasteiger partial charge in [-0.15, -0.1) is 11.6 Å².